The van der Waals surface area contributed by atoms with Gasteiger partial charge in [0.15, 0.2) is 6.61 Å². The van der Waals surface area contributed by atoms with Crippen LogP contribution in [0.5, 0.6) is 5.75 Å². The Morgan fingerprint density at radius 3 is 2.94 bits per heavy atom. The van der Waals surface area contributed by atoms with E-state index < -0.39 is 0 Å². The molecule has 1 aromatic carbocycles. The van der Waals surface area contributed by atoms with Crippen LogP contribution in [0.1, 0.15) is 31.7 Å². The molecule has 0 aliphatic carbocycles. The number of ether oxygens (including phenoxy) is 1. The summed E-state index contributed by atoms with van der Waals surface area (Å²) in [5, 5.41) is 2.76. The van der Waals surface area contributed by atoms with Crippen molar-refractivity contribution in [3.63, 3.8) is 0 Å². The molecular formula is C15H21NO2. The first kappa shape index (κ1) is 14.3. The number of carbonyl (C=O) groups is 1. The maximum atomic E-state index is 11.4. The van der Waals surface area contributed by atoms with Gasteiger partial charge >= 0.3 is 0 Å². The lowest BCUT2D eigenvalue weighted by atomic mass is 10.0. The van der Waals surface area contributed by atoms with E-state index in [1.807, 2.05) is 18.2 Å². The Balaban J connectivity index is 2.40. The van der Waals surface area contributed by atoms with Crippen LogP contribution in [0.15, 0.2) is 36.9 Å². The molecule has 3 nitrogen and oxygen atoms in total. The Hall–Kier alpha value is -1.77. The molecule has 0 atom stereocenters. The summed E-state index contributed by atoms with van der Waals surface area (Å²) in [4.78, 5) is 11.4. The third-order valence-corrected chi connectivity index (χ3v) is 2.57. The van der Waals surface area contributed by atoms with Crippen molar-refractivity contribution in [2.75, 3.05) is 13.2 Å². The van der Waals surface area contributed by atoms with Crippen molar-refractivity contribution in [3.8, 4) is 5.75 Å². The van der Waals surface area contributed by atoms with E-state index >= 15 is 0 Å². The molecule has 0 unspecified atom stereocenters. The summed E-state index contributed by atoms with van der Waals surface area (Å²) in [7, 11) is 0. The molecule has 1 amide bonds. The fourth-order valence-corrected chi connectivity index (χ4v) is 1.48. The molecule has 0 aliphatic rings. The average Bonchev–Trinajstić information content (AvgIpc) is 2.37. The van der Waals surface area contributed by atoms with E-state index in [4.69, 9.17) is 4.74 Å². The van der Waals surface area contributed by atoms with Crippen LogP contribution in [-0.4, -0.2) is 19.1 Å². The molecule has 1 N–H and O–H groups in total. The summed E-state index contributed by atoms with van der Waals surface area (Å²) >= 11 is 0. The van der Waals surface area contributed by atoms with Gasteiger partial charge in [-0.15, -0.1) is 6.58 Å². The molecular weight excluding hydrogens is 226 g/mol. The molecule has 0 spiro atoms. The number of hydrogen-bond donors (Lipinski definition) is 1. The third kappa shape index (κ3) is 5.04. The molecule has 0 aromatic heterocycles. The number of carbonyl (C=O) groups excluding carboxylic acids is 1. The number of benzene rings is 1. The second-order valence-corrected chi connectivity index (χ2v) is 4.44. The molecule has 0 bridgehead atoms. The van der Waals surface area contributed by atoms with Gasteiger partial charge in [-0.05, 0) is 30.0 Å². The Morgan fingerprint density at radius 2 is 2.28 bits per heavy atom. The van der Waals surface area contributed by atoms with Gasteiger partial charge in [0, 0.05) is 6.54 Å². The van der Waals surface area contributed by atoms with Crippen LogP contribution in [0.4, 0.5) is 0 Å². The smallest absolute Gasteiger partial charge is 0.257 e. The molecule has 0 radical (unpaired) electrons. The summed E-state index contributed by atoms with van der Waals surface area (Å²) in [6, 6.07) is 7.84. The van der Waals surface area contributed by atoms with Crippen molar-refractivity contribution in [1.82, 2.24) is 5.32 Å². The number of rotatable bonds is 7. The minimum atomic E-state index is -0.105. The lowest BCUT2D eigenvalue weighted by Gasteiger charge is -2.10. The summed E-state index contributed by atoms with van der Waals surface area (Å²) < 4.78 is 5.45. The van der Waals surface area contributed by atoms with Gasteiger partial charge in [-0.2, -0.15) is 0 Å². The minimum absolute atomic E-state index is 0.0543. The molecule has 98 valence electrons. The Morgan fingerprint density at radius 1 is 1.50 bits per heavy atom. The second-order valence-electron chi connectivity index (χ2n) is 4.44. The summed E-state index contributed by atoms with van der Waals surface area (Å²) in [5.74, 6) is 1.09. The highest BCUT2D eigenvalue weighted by atomic mass is 16.5. The highest BCUT2D eigenvalue weighted by Crippen LogP contribution is 2.19. The maximum absolute atomic E-state index is 11.4. The van der Waals surface area contributed by atoms with Crippen molar-refractivity contribution in [1.29, 1.82) is 0 Å². The summed E-state index contributed by atoms with van der Waals surface area (Å²) in [6.07, 6.45) is 2.54. The highest BCUT2D eigenvalue weighted by Gasteiger charge is 2.04. The predicted molar refractivity (Wildman–Crippen MR) is 73.8 cm³/mol. The van der Waals surface area contributed by atoms with E-state index in [0.29, 0.717) is 12.5 Å². The second kappa shape index (κ2) is 7.54. The van der Waals surface area contributed by atoms with Gasteiger partial charge in [-0.25, -0.2) is 0 Å². The van der Waals surface area contributed by atoms with Crippen LogP contribution >= 0.6 is 0 Å². The first-order chi connectivity index (χ1) is 8.63. The summed E-state index contributed by atoms with van der Waals surface area (Å²) in [5.41, 5.74) is 1.21. The van der Waals surface area contributed by atoms with Crippen molar-refractivity contribution < 1.29 is 9.53 Å². The Kier molecular flexibility index (Phi) is 5.98. The monoisotopic (exact) mass is 247 g/mol. The molecule has 1 aromatic rings. The lowest BCUT2D eigenvalue weighted by molar-refractivity contribution is -0.123. The molecule has 3 heteroatoms. The molecule has 0 saturated carbocycles. The van der Waals surface area contributed by atoms with Crippen molar-refractivity contribution >= 4 is 5.91 Å². The fourth-order valence-electron chi connectivity index (χ4n) is 1.48. The molecule has 18 heavy (non-hydrogen) atoms. The van der Waals surface area contributed by atoms with Crippen molar-refractivity contribution in [2.24, 2.45) is 0 Å². The quantitative estimate of drug-likeness (QED) is 0.594. The Bertz CT molecular complexity index is 399. The maximum Gasteiger partial charge on any atom is 0.257 e. The van der Waals surface area contributed by atoms with Crippen LogP contribution in [0.2, 0.25) is 0 Å². The lowest BCUT2D eigenvalue weighted by Crippen LogP contribution is -2.29. The first-order valence-electron chi connectivity index (χ1n) is 6.24. The van der Waals surface area contributed by atoms with E-state index in [1.54, 1.807) is 6.08 Å². The fraction of sp³-hybridized carbons (Fsp3) is 0.400. The van der Waals surface area contributed by atoms with Crippen LogP contribution in [0.25, 0.3) is 0 Å². The standard InChI is InChI=1S/C15H21NO2/c1-4-5-9-16-15(17)11-18-14-8-6-7-13(10-14)12(2)3/h4,6-8,10,12H,1,5,9,11H2,2-3H3,(H,16,17). The van der Waals surface area contributed by atoms with E-state index in [2.05, 4.69) is 31.8 Å². The van der Waals surface area contributed by atoms with E-state index in [1.165, 1.54) is 5.56 Å². The summed E-state index contributed by atoms with van der Waals surface area (Å²) in [6.45, 7) is 8.51. The van der Waals surface area contributed by atoms with Crippen molar-refractivity contribution in [2.45, 2.75) is 26.2 Å². The first-order valence-corrected chi connectivity index (χ1v) is 6.24. The van der Waals surface area contributed by atoms with Crippen LogP contribution in [-0.2, 0) is 4.79 Å². The molecule has 0 saturated heterocycles. The minimum Gasteiger partial charge on any atom is -0.484 e. The average molecular weight is 247 g/mol. The zero-order valence-electron chi connectivity index (χ0n) is 11.1. The molecule has 0 fully saturated rings. The molecule has 0 heterocycles. The van der Waals surface area contributed by atoms with Gasteiger partial charge < -0.3 is 10.1 Å². The molecule has 0 aliphatic heterocycles. The van der Waals surface area contributed by atoms with Gasteiger partial charge in [0.05, 0.1) is 0 Å². The number of amides is 1. The zero-order chi connectivity index (χ0) is 13.4. The van der Waals surface area contributed by atoms with Gasteiger partial charge in [0.25, 0.3) is 5.91 Å². The SMILES string of the molecule is C=CCCNC(=O)COc1cccc(C(C)C)c1. The largest absolute Gasteiger partial charge is 0.484 e. The topological polar surface area (TPSA) is 38.3 Å². The zero-order valence-corrected chi connectivity index (χ0v) is 11.1. The van der Waals surface area contributed by atoms with Gasteiger partial charge in [-0.3, -0.25) is 4.79 Å². The van der Waals surface area contributed by atoms with E-state index in [9.17, 15) is 4.79 Å². The van der Waals surface area contributed by atoms with Crippen LogP contribution < -0.4 is 10.1 Å². The number of hydrogen-bond acceptors (Lipinski definition) is 2. The highest BCUT2D eigenvalue weighted by molar-refractivity contribution is 5.77. The van der Waals surface area contributed by atoms with Crippen molar-refractivity contribution in [3.05, 3.63) is 42.5 Å². The van der Waals surface area contributed by atoms with Gasteiger partial charge in [0.2, 0.25) is 0 Å². The van der Waals surface area contributed by atoms with E-state index in [0.717, 1.165) is 12.2 Å². The predicted octanol–water partition coefficient (Wildman–Crippen LogP) is 2.88. The van der Waals surface area contributed by atoms with Crippen LogP contribution in [0, 0.1) is 0 Å². The van der Waals surface area contributed by atoms with Gasteiger partial charge in [0.1, 0.15) is 5.75 Å². The number of nitrogens with one attached hydrogen (secondary N) is 1. The Labute approximate surface area is 109 Å². The normalized spacial score (nSPS) is 10.2. The van der Waals surface area contributed by atoms with E-state index in [-0.39, 0.29) is 12.5 Å². The molecule has 1 rings (SSSR count). The van der Waals surface area contributed by atoms with Gasteiger partial charge in [-0.1, -0.05) is 32.1 Å². The third-order valence-electron chi connectivity index (χ3n) is 2.57. The van der Waals surface area contributed by atoms with Crippen LogP contribution in [0.3, 0.4) is 0 Å².